The molecule has 180 valence electrons. The lowest BCUT2D eigenvalue weighted by Gasteiger charge is -2.30. The minimum atomic E-state index is -1.42. The standard InChI is InChI=1S/C19H31N5O8/c1-9(2)15(19(31)32)23-17(29)12-4-3-7-24(12)18(30)11(5-6-13(21)25)22-16(28)10(20)8-14(26)27/h9-12,15H,3-8,20H2,1-2H3,(H2,21,25)(H,22,28)(H,23,29)(H,26,27)(H,31,32). The highest BCUT2D eigenvalue weighted by atomic mass is 16.4. The first-order chi connectivity index (χ1) is 14.8. The summed E-state index contributed by atoms with van der Waals surface area (Å²) in [5.41, 5.74) is 10.7. The maximum absolute atomic E-state index is 13.1. The van der Waals surface area contributed by atoms with Crippen molar-refractivity contribution in [1.82, 2.24) is 15.5 Å². The number of hydrogen-bond acceptors (Lipinski definition) is 7. The van der Waals surface area contributed by atoms with E-state index in [1.54, 1.807) is 13.8 Å². The Labute approximate surface area is 184 Å². The van der Waals surface area contributed by atoms with Gasteiger partial charge in [0.2, 0.25) is 23.6 Å². The van der Waals surface area contributed by atoms with Gasteiger partial charge in [-0.3, -0.25) is 24.0 Å². The lowest BCUT2D eigenvalue weighted by atomic mass is 10.0. The van der Waals surface area contributed by atoms with Gasteiger partial charge in [0.1, 0.15) is 18.1 Å². The number of carbonyl (C=O) groups excluding carboxylic acids is 4. The molecule has 1 heterocycles. The van der Waals surface area contributed by atoms with Gasteiger partial charge in [0.25, 0.3) is 0 Å². The molecule has 8 N–H and O–H groups in total. The number of amides is 4. The number of carboxylic acid groups (broad SMARTS) is 2. The van der Waals surface area contributed by atoms with Crippen LogP contribution in [0.1, 0.15) is 46.0 Å². The first kappa shape index (κ1) is 26.8. The molecule has 1 aliphatic heterocycles. The predicted octanol–water partition coefficient (Wildman–Crippen LogP) is -2.24. The van der Waals surface area contributed by atoms with Crippen molar-refractivity contribution in [2.75, 3.05) is 6.54 Å². The lowest BCUT2D eigenvalue weighted by molar-refractivity contribution is -0.146. The molecular weight excluding hydrogens is 426 g/mol. The SMILES string of the molecule is CC(C)C(NC(=O)C1CCCN1C(=O)C(CCC(N)=O)NC(=O)C(N)CC(=O)O)C(=O)O. The van der Waals surface area contributed by atoms with E-state index in [4.69, 9.17) is 16.6 Å². The average molecular weight is 457 g/mol. The fourth-order valence-corrected chi connectivity index (χ4v) is 3.37. The molecule has 0 saturated carbocycles. The number of rotatable bonds is 12. The number of aliphatic carboxylic acids is 2. The van der Waals surface area contributed by atoms with Crippen LogP contribution in [0.2, 0.25) is 0 Å². The van der Waals surface area contributed by atoms with Crippen LogP contribution in [0.15, 0.2) is 0 Å². The van der Waals surface area contributed by atoms with Crippen LogP contribution in [0.5, 0.6) is 0 Å². The first-order valence-electron chi connectivity index (χ1n) is 10.2. The van der Waals surface area contributed by atoms with Gasteiger partial charge in [-0.1, -0.05) is 13.8 Å². The zero-order chi connectivity index (χ0) is 24.6. The summed E-state index contributed by atoms with van der Waals surface area (Å²) in [7, 11) is 0. The molecule has 0 radical (unpaired) electrons. The van der Waals surface area contributed by atoms with Crippen molar-refractivity contribution in [3.05, 3.63) is 0 Å². The van der Waals surface area contributed by atoms with Crippen molar-refractivity contribution in [3.63, 3.8) is 0 Å². The highest BCUT2D eigenvalue weighted by Crippen LogP contribution is 2.20. The Balaban J connectivity index is 2.99. The summed E-state index contributed by atoms with van der Waals surface area (Å²) in [6.07, 6.45) is -0.323. The highest BCUT2D eigenvalue weighted by Gasteiger charge is 2.39. The number of nitrogens with two attached hydrogens (primary N) is 2. The Hall–Kier alpha value is -3.22. The van der Waals surface area contributed by atoms with Crippen molar-refractivity contribution in [3.8, 4) is 0 Å². The van der Waals surface area contributed by atoms with E-state index >= 15 is 0 Å². The van der Waals surface area contributed by atoms with Crippen LogP contribution in [-0.2, 0) is 28.8 Å². The van der Waals surface area contributed by atoms with Crippen molar-refractivity contribution in [2.24, 2.45) is 17.4 Å². The fourth-order valence-electron chi connectivity index (χ4n) is 3.37. The van der Waals surface area contributed by atoms with E-state index in [0.717, 1.165) is 0 Å². The molecule has 1 aliphatic rings. The summed E-state index contributed by atoms with van der Waals surface area (Å²) in [4.78, 5) is 72.6. The smallest absolute Gasteiger partial charge is 0.326 e. The molecule has 13 heteroatoms. The monoisotopic (exact) mass is 457 g/mol. The third kappa shape index (κ3) is 7.80. The number of carboxylic acids is 2. The van der Waals surface area contributed by atoms with E-state index in [1.165, 1.54) is 4.90 Å². The van der Waals surface area contributed by atoms with Crippen molar-refractivity contribution >= 4 is 35.6 Å². The Morgan fingerprint density at radius 1 is 1.09 bits per heavy atom. The van der Waals surface area contributed by atoms with E-state index in [1.807, 2.05) is 0 Å². The molecule has 13 nitrogen and oxygen atoms in total. The summed E-state index contributed by atoms with van der Waals surface area (Å²) >= 11 is 0. The summed E-state index contributed by atoms with van der Waals surface area (Å²) in [5, 5.41) is 22.9. The van der Waals surface area contributed by atoms with Gasteiger partial charge in [-0.15, -0.1) is 0 Å². The minimum Gasteiger partial charge on any atom is -0.481 e. The molecule has 0 aliphatic carbocycles. The third-order valence-corrected chi connectivity index (χ3v) is 5.09. The van der Waals surface area contributed by atoms with E-state index in [-0.39, 0.29) is 31.7 Å². The number of primary amides is 1. The number of likely N-dealkylation sites (tertiary alicyclic amines) is 1. The maximum atomic E-state index is 13.1. The van der Waals surface area contributed by atoms with Crippen LogP contribution in [-0.4, -0.2) is 81.4 Å². The normalized spacial score (nSPS) is 18.5. The molecule has 0 aromatic carbocycles. The van der Waals surface area contributed by atoms with Crippen molar-refractivity contribution in [2.45, 2.75) is 70.1 Å². The molecule has 0 spiro atoms. The molecule has 1 rings (SSSR count). The zero-order valence-corrected chi connectivity index (χ0v) is 18.1. The second-order valence-electron chi connectivity index (χ2n) is 8.03. The number of hydrogen-bond donors (Lipinski definition) is 6. The average Bonchev–Trinajstić information content (AvgIpc) is 3.17. The second-order valence-corrected chi connectivity index (χ2v) is 8.03. The van der Waals surface area contributed by atoms with Gasteiger partial charge in [-0.2, -0.15) is 0 Å². The largest absolute Gasteiger partial charge is 0.481 e. The Kier molecular flexibility index (Phi) is 10.0. The van der Waals surface area contributed by atoms with Gasteiger partial charge in [0.15, 0.2) is 0 Å². The van der Waals surface area contributed by atoms with Crippen LogP contribution in [0, 0.1) is 5.92 Å². The van der Waals surface area contributed by atoms with Crippen LogP contribution < -0.4 is 22.1 Å². The van der Waals surface area contributed by atoms with Gasteiger partial charge >= 0.3 is 11.9 Å². The Bertz CT molecular complexity index is 756. The predicted molar refractivity (Wildman–Crippen MR) is 110 cm³/mol. The zero-order valence-electron chi connectivity index (χ0n) is 18.1. The molecule has 0 aromatic rings. The summed E-state index contributed by atoms with van der Waals surface area (Å²) in [6.45, 7) is 3.44. The quantitative estimate of drug-likeness (QED) is 0.186. The Morgan fingerprint density at radius 2 is 1.72 bits per heavy atom. The molecule has 4 amide bonds. The van der Waals surface area contributed by atoms with Gasteiger partial charge in [-0.05, 0) is 25.2 Å². The molecule has 0 aromatic heterocycles. The third-order valence-electron chi connectivity index (χ3n) is 5.09. The summed E-state index contributed by atoms with van der Waals surface area (Å²) < 4.78 is 0. The van der Waals surface area contributed by atoms with Crippen LogP contribution >= 0.6 is 0 Å². The van der Waals surface area contributed by atoms with Crippen molar-refractivity contribution in [1.29, 1.82) is 0 Å². The Morgan fingerprint density at radius 3 is 2.22 bits per heavy atom. The van der Waals surface area contributed by atoms with E-state index < -0.39 is 66.2 Å². The molecule has 0 bridgehead atoms. The molecule has 4 atom stereocenters. The highest BCUT2D eigenvalue weighted by molar-refractivity contribution is 5.95. The molecular formula is C19H31N5O8. The van der Waals surface area contributed by atoms with Gasteiger partial charge in [-0.25, -0.2) is 4.79 Å². The summed E-state index contributed by atoms with van der Waals surface area (Å²) in [5.74, 6) is -5.83. The van der Waals surface area contributed by atoms with E-state index in [2.05, 4.69) is 10.6 Å². The van der Waals surface area contributed by atoms with Crippen LogP contribution in [0.3, 0.4) is 0 Å². The molecule has 1 fully saturated rings. The molecule has 1 saturated heterocycles. The number of nitrogens with zero attached hydrogens (tertiary/aromatic N) is 1. The van der Waals surface area contributed by atoms with Crippen molar-refractivity contribution < 1.29 is 39.0 Å². The lowest BCUT2D eigenvalue weighted by Crippen LogP contribution is -2.57. The minimum absolute atomic E-state index is 0.172. The van der Waals surface area contributed by atoms with Gasteiger partial charge < -0.3 is 37.2 Å². The van der Waals surface area contributed by atoms with Gasteiger partial charge in [0.05, 0.1) is 12.5 Å². The van der Waals surface area contributed by atoms with E-state index in [0.29, 0.717) is 6.42 Å². The maximum Gasteiger partial charge on any atom is 0.326 e. The number of nitrogens with one attached hydrogen (secondary N) is 2. The molecule has 32 heavy (non-hydrogen) atoms. The van der Waals surface area contributed by atoms with Gasteiger partial charge in [0, 0.05) is 13.0 Å². The molecule has 4 unspecified atom stereocenters. The van der Waals surface area contributed by atoms with E-state index in [9.17, 15) is 33.9 Å². The topological polar surface area (TPSA) is 222 Å². The van der Waals surface area contributed by atoms with Crippen LogP contribution in [0.25, 0.3) is 0 Å². The first-order valence-corrected chi connectivity index (χ1v) is 10.2. The number of carbonyl (C=O) groups is 6. The second kappa shape index (κ2) is 12.0. The summed E-state index contributed by atoms with van der Waals surface area (Å²) in [6, 6.07) is -4.77. The fraction of sp³-hybridized carbons (Fsp3) is 0.684. The van der Waals surface area contributed by atoms with Crippen LogP contribution in [0.4, 0.5) is 0 Å².